The van der Waals surface area contributed by atoms with Crippen LogP contribution < -0.4 is 0 Å². The molecule has 0 aliphatic rings. The van der Waals surface area contributed by atoms with E-state index in [0.717, 1.165) is 28.3 Å². The molecule has 0 spiro atoms. The molecule has 0 amide bonds. The molecule has 3 heteroatoms. The van der Waals surface area contributed by atoms with Gasteiger partial charge in [0, 0.05) is 17.0 Å². The predicted molar refractivity (Wildman–Crippen MR) is 84.9 cm³/mol. The zero-order valence-corrected chi connectivity index (χ0v) is 12.5. The van der Waals surface area contributed by atoms with E-state index in [1.165, 1.54) is 5.56 Å². The van der Waals surface area contributed by atoms with Gasteiger partial charge in [0.2, 0.25) is 0 Å². The lowest BCUT2D eigenvalue weighted by Crippen LogP contribution is -1.98. The second-order valence-corrected chi connectivity index (χ2v) is 5.20. The number of hydrogen-bond donors (Lipinski definition) is 0. The molecule has 0 saturated carbocycles. The fraction of sp³-hybridized carbons (Fsp3) is 0.167. The minimum atomic E-state index is 0.678. The van der Waals surface area contributed by atoms with E-state index in [9.17, 15) is 0 Å². The van der Waals surface area contributed by atoms with E-state index >= 15 is 0 Å². The summed E-state index contributed by atoms with van der Waals surface area (Å²) < 4.78 is 0. The molecule has 104 valence electrons. The van der Waals surface area contributed by atoms with Crippen molar-refractivity contribution in [1.82, 2.24) is 15.0 Å². The Labute approximate surface area is 124 Å². The van der Waals surface area contributed by atoms with Crippen LogP contribution in [0.4, 0.5) is 0 Å². The second kappa shape index (κ2) is 5.44. The van der Waals surface area contributed by atoms with Crippen LogP contribution in [0, 0.1) is 20.8 Å². The Hall–Kier alpha value is -2.55. The first kappa shape index (κ1) is 13.4. The summed E-state index contributed by atoms with van der Waals surface area (Å²) in [5, 5.41) is 0. The van der Waals surface area contributed by atoms with Crippen LogP contribution in [0.3, 0.4) is 0 Å². The Morgan fingerprint density at radius 3 is 2.24 bits per heavy atom. The Balaban J connectivity index is 2.15. The van der Waals surface area contributed by atoms with Gasteiger partial charge in [-0.1, -0.05) is 30.3 Å². The molecule has 0 aliphatic heterocycles. The summed E-state index contributed by atoms with van der Waals surface area (Å²) in [6.07, 6.45) is 0. The molecule has 3 nitrogen and oxygen atoms in total. The van der Waals surface area contributed by atoms with Crippen molar-refractivity contribution in [2.45, 2.75) is 20.8 Å². The van der Waals surface area contributed by atoms with Crippen molar-refractivity contribution in [2.24, 2.45) is 0 Å². The molecule has 0 aliphatic carbocycles. The van der Waals surface area contributed by atoms with Gasteiger partial charge in [0.1, 0.15) is 5.69 Å². The maximum Gasteiger partial charge on any atom is 0.178 e. The summed E-state index contributed by atoms with van der Waals surface area (Å²) in [5.74, 6) is 0.678. The summed E-state index contributed by atoms with van der Waals surface area (Å²) in [6, 6.07) is 16.2. The lowest BCUT2D eigenvalue weighted by atomic mass is 10.1. The fourth-order valence-electron chi connectivity index (χ4n) is 2.35. The van der Waals surface area contributed by atoms with E-state index in [1.54, 1.807) is 0 Å². The molecular weight excluding hydrogens is 258 g/mol. The van der Waals surface area contributed by atoms with E-state index in [0.29, 0.717) is 5.82 Å². The zero-order valence-electron chi connectivity index (χ0n) is 12.5. The summed E-state index contributed by atoms with van der Waals surface area (Å²) >= 11 is 0. The molecule has 2 heterocycles. The lowest BCUT2D eigenvalue weighted by molar-refractivity contribution is 1.08. The van der Waals surface area contributed by atoms with Gasteiger partial charge in [-0.05, 0) is 44.5 Å². The average molecular weight is 275 g/mol. The van der Waals surface area contributed by atoms with Crippen molar-refractivity contribution < 1.29 is 0 Å². The monoisotopic (exact) mass is 275 g/mol. The van der Waals surface area contributed by atoms with Crippen LogP contribution in [0.25, 0.3) is 22.8 Å². The molecular formula is C18H17N3. The van der Waals surface area contributed by atoms with Crippen molar-refractivity contribution in [1.29, 1.82) is 0 Å². The van der Waals surface area contributed by atoms with E-state index in [4.69, 9.17) is 4.98 Å². The highest BCUT2D eigenvalue weighted by Gasteiger charge is 2.09. The number of benzene rings is 1. The van der Waals surface area contributed by atoms with Crippen LogP contribution in [0.1, 0.15) is 17.0 Å². The Morgan fingerprint density at radius 1 is 0.667 bits per heavy atom. The number of pyridine rings is 1. The Bertz CT molecular complexity index is 794. The molecule has 3 rings (SSSR count). The molecule has 2 aromatic heterocycles. The molecule has 0 radical (unpaired) electrons. The summed E-state index contributed by atoms with van der Waals surface area (Å²) in [6.45, 7) is 6.06. The molecule has 0 N–H and O–H groups in total. The van der Waals surface area contributed by atoms with Gasteiger partial charge in [-0.25, -0.2) is 15.0 Å². The minimum Gasteiger partial charge on any atom is -0.250 e. The van der Waals surface area contributed by atoms with Crippen molar-refractivity contribution >= 4 is 0 Å². The fourth-order valence-corrected chi connectivity index (χ4v) is 2.35. The third kappa shape index (κ3) is 2.82. The molecule has 0 bridgehead atoms. The van der Waals surface area contributed by atoms with Gasteiger partial charge in [-0.3, -0.25) is 0 Å². The highest BCUT2D eigenvalue weighted by Crippen LogP contribution is 2.24. The van der Waals surface area contributed by atoms with Gasteiger partial charge in [0.15, 0.2) is 5.82 Å². The number of aryl methyl sites for hydroxylation is 3. The van der Waals surface area contributed by atoms with Crippen molar-refractivity contribution in [3.8, 4) is 22.8 Å². The van der Waals surface area contributed by atoms with E-state index in [1.807, 2.05) is 50.2 Å². The average Bonchev–Trinajstić information content (AvgIpc) is 2.47. The summed E-state index contributed by atoms with van der Waals surface area (Å²) in [4.78, 5) is 13.7. The first-order chi connectivity index (χ1) is 10.1. The Kier molecular flexibility index (Phi) is 3.48. The van der Waals surface area contributed by atoms with Gasteiger partial charge < -0.3 is 0 Å². The number of hydrogen-bond acceptors (Lipinski definition) is 3. The topological polar surface area (TPSA) is 38.7 Å². The quantitative estimate of drug-likeness (QED) is 0.705. The maximum absolute atomic E-state index is 4.70. The molecule has 0 atom stereocenters. The third-order valence-electron chi connectivity index (χ3n) is 3.39. The van der Waals surface area contributed by atoms with Gasteiger partial charge in [0.25, 0.3) is 0 Å². The second-order valence-electron chi connectivity index (χ2n) is 5.20. The van der Waals surface area contributed by atoms with Crippen LogP contribution in [0.5, 0.6) is 0 Å². The van der Waals surface area contributed by atoms with Crippen molar-refractivity contribution in [2.75, 3.05) is 0 Å². The minimum absolute atomic E-state index is 0.678. The van der Waals surface area contributed by atoms with Crippen LogP contribution in [-0.4, -0.2) is 15.0 Å². The van der Waals surface area contributed by atoms with Crippen molar-refractivity contribution in [3.05, 3.63) is 65.5 Å². The standard InChI is InChI=1S/C18H17N3/c1-12-7-4-5-9-15(12)17-11-14(3)20-18(21-17)16-10-6-8-13(2)19-16/h4-11H,1-3H3. The summed E-state index contributed by atoms with van der Waals surface area (Å²) in [5.41, 5.74) is 6.01. The zero-order chi connectivity index (χ0) is 14.8. The molecule has 0 fully saturated rings. The smallest absolute Gasteiger partial charge is 0.178 e. The number of nitrogens with zero attached hydrogens (tertiary/aromatic N) is 3. The van der Waals surface area contributed by atoms with E-state index in [2.05, 4.69) is 29.0 Å². The highest BCUT2D eigenvalue weighted by molar-refractivity contribution is 5.66. The van der Waals surface area contributed by atoms with Crippen LogP contribution in [0.15, 0.2) is 48.5 Å². The van der Waals surface area contributed by atoms with Gasteiger partial charge in [-0.15, -0.1) is 0 Å². The third-order valence-corrected chi connectivity index (χ3v) is 3.39. The normalized spacial score (nSPS) is 10.6. The van der Waals surface area contributed by atoms with Crippen LogP contribution in [-0.2, 0) is 0 Å². The maximum atomic E-state index is 4.70. The largest absolute Gasteiger partial charge is 0.250 e. The van der Waals surface area contributed by atoms with E-state index in [-0.39, 0.29) is 0 Å². The Morgan fingerprint density at radius 2 is 1.48 bits per heavy atom. The molecule has 0 unspecified atom stereocenters. The SMILES string of the molecule is Cc1cccc(-c2nc(C)cc(-c3ccccc3C)n2)n1. The highest BCUT2D eigenvalue weighted by atomic mass is 14.9. The van der Waals surface area contributed by atoms with Gasteiger partial charge in [0.05, 0.1) is 5.69 Å². The van der Waals surface area contributed by atoms with Crippen molar-refractivity contribution in [3.63, 3.8) is 0 Å². The van der Waals surface area contributed by atoms with Crippen LogP contribution in [0.2, 0.25) is 0 Å². The first-order valence-corrected chi connectivity index (χ1v) is 6.99. The number of rotatable bonds is 2. The molecule has 0 saturated heterocycles. The first-order valence-electron chi connectivity index (χ1n) is 6.99. The predicted octanol–water partition coefficient (Wildman–Crippen LogP) is 4.13. The van der Waals surface area contributed by atoms with Crippen LogP contribution >= 0.6 is 0 Å². The molecule has 3 aromatic rings. The molecule has 21 heavy (non-hydrogen) atoms. The number of aromatic nitrogens is 3. The lowest BCUT2D eigenvalue weighted by Gasteiger charge is -2.08. The van der Waals surface area contributed by atoms with E-state index < -0.39 is 0 Å². The molecule has 1 aromatic carbocycles. The van der Waals surface area contributed by atoms with Gasteiger partial charge >= 0.3 is 0 Å². The van der Waals surface area contributed by atoms with Gasteiger partial charge in [-0.2, -0.15) is 0 Å². The summed E-state index contributed by atoms with van der Waals surface area (Å²) in [7, 11) is 0.